The van der Waals surface area contributed by atoms with Crippen LogP contribution in [0.2, 0.25) is 0 Å². The number of carbonyl (C=O) groups excluding carboxylic acids is 1. The fourth-order valence-corrected chi connectivity index (χ4v) is 4.87. The predicted octanol–water partition coefficient (Wildman–Crippen LogP) is 4.93. The van der Waals surface area contributed by atoms with Crippen LogP contribution in [0.15, 0.2) is 78.9 Å². The van der Waals surface area contributed by atoms with Crippen LogP contribution in [0.3, 0.4) is 0 Å². The lowest BCUT2D eigenvalue weighted by atomic mass is 9.88. The number of fused-ring (bicyclic) bond motifs is 2. The van der Waals surface area contributed by atoms with Crippen LogP contribution in [0.25, 0.3) is 0 Å². The van der Waals surface area contributed by atoms with Crippen molar-refractivity contribution in [3.63, 3.8) is 0 Å². The number of nitrogens with zero attached hydrogens (tertiary/aromatic N) is 1. The topological polar surface area (TPSA) is 35.5 Å². The summed E-state index contributed by atoms with van der Waals surface area (Å²) in [7, 11) is 2.27. The van der Waals surface area contributed by atoms with Gasteiger partial charge in [-0.3, -0.25) is 4.79 Å². The maximum Gasteiger partial charge on any atom is 0.318 e. The number of likely N-dealkylation sites (N-methyl/N-ethyl adjacent to an activating group) is 1. The average Bonchev–Trinajstić information content (AvgIpc) is 3.17. The second-order valence-electron chi connectivity index (χ2n) is 8.94. The molecule has 2 aliphatic heterocycles. The summed E-state index contributed by atoms with van der Waals surface area (Å²) in [5.74, 6) is 0.852. The van der Waals surface area contributed by atoms with E-state index in [1.165, 1.54) is 5.56 Å². The Labute approximate surface area is 183 Å². The molecule has 3 aromatic rings. The van der Waals surface area contributed by atoms with E-state index in [0.717, 1.165) is 59.6 Å². The highest BCUT2D eigenvalue weighted by atomic mass is 16.5. The van der Waals surface area contributed by atoms with Crippen molar-refractivity contribution in [1.82, 2.24) is 0 Å². The molecule has 1 fully saturated rings. The zero-order chi connectivity index (χ0) is 21.3. The molecule has 0 aliphatic carbocycles. The minimum atomic E-state index is -0.440. The summed E-state index contributed by atoms with van der Waals surface area (Å²) >= 11 is 0. The molecular weight excluding hydrogens is 386 g/mol. The van der Waals surface area contributed by atoms with E-state index in [4.69, 9.17) is 9.47 Å². The first kappa shape index (κ1) is 19.8. The minimum Gasteiger partial charge on any atom is -0.457 e. The normalized spacial score (nSPS) is 22.3. The molecule has 0 bridgehead atoms. The Morgan fingerprint density at radius 3 is 2.23 bits per heavy atom. The highest BCUT2D eigenvalue weighted by molar-refractivity contribution is 5.85. The van der Waals surface area contributed by atoms with Gasteiger partial charge in [-0.15, -0.1) is 0 Å². The number of rotatable bonds is 5. The maximum atomic E-state index is 13.4. The Bertz CT molecular complexity index is 1040. The minimum absolute atomic E-state index is 0.0459. The summed E-state index contributed by atoms with van der Waals surface area (Å²) in [6.45, 7) is 2.96. The smallest absolute Gasteiger partial charge is 0.318 e. The zero-order valence-electron chi connectivity index (χ0n) is 17.9. The third-order valence-corrected chi connectivity index (χ3v) is 6.62. The van der Waals surface area contributed by atoms with Gasteiger partial charge >= 0.3 is 5.97 Å². The molecular formula is C27H28NO3+. The molecule has 0 aromatic heterocycles. The summed E-state index contributed by atoms with van der Waals surface area (Å²) in [5.41, 5.74) is 3.12. The Morgan fingerprint density at radius 2 is 1.55 bits per heavy atom. The molecule has 0 spiro atoms. The first-order valence-corrected chi connectivity index (χ1v) is 11.0. The Hall–Kier alpha value is -3.11. The standard InChI is InChI=1S/C27H28NO3/c1-28(17-15-20-9-3-2-4-10-20)18-16-21(19-28)30-27(29)26-22-11-5-7-13-24(22)31-25-14-8-6-12-23(25)26/h2-14,21,26H,15-19H2,1H3/q+1. The number of hydrogen-bond acceptors (Lipinski definition) is 3. The van der Waals surface area contributed by atoms with Crippen LogP contribution < -0.4 is 4.74 Å². The fraction of sp³-hybridized carbons (Fsp3) is 0.296. The average molecular weight is 415 g/mol. The molecule has 4 nitrogen and oxygen atoms in total. The lowest BCUT2D eigenvalue weighted by molar-refractivity contribution is -0.898. The molecule has 0 N–H and O–H groups in total. The van der Waals surface area contributed by atoms with E-state index in [1.807, 2.05) is 48.5 Å². The second kappa shape index (κ2) is 8.20. The molecule has 0 amide bonds. The molecule has 2 atom stereocenters. The molecule has 31 heavy (non-hydrogen) atoms. The number of esters is 1. The molecule has 158 valence electrons. The van der Waals surface area contributed by atoms with Gasteiger partial charge in [-0.1, -0.05) is 66.7 Å². The van der Waals surface area contributed by atoms with Gasteiger partial charge in [-0.05, 0) is 17.7 Å². The van der Waals surface area contributed by atoms with Gasteiger partial charge in [0, 0.05) is 24.0 Å². The molecule has 0 saturated carbocycles. The van der Waals surface area contributed by atoms with E-state index in [1.54, 1.807) is 0 Å². The first-order chi connectivity index (χ1) is 15.1. The van der Waals surface area contributed by atoms with Crippen LogP contribution in [0.4, 0.5) is 0 Å². The molecule has 0 radical (unpaired) electrons. The van der Waals surface area contributed by atoms with E-state index >= 15 is 0 Å². The van der Waals surface area contributed by atoms with Crippen molar-refractivity contribution in [3.8, 4) is 11.5 Å². The van der Waals surface area contributed by atoms with Crippen molar-refractivity contribution in [2.24, 2.45) is 0 Å². The summed E-state index contributed by atoms with van der Waals surface area (Å²) in [6.07, 6.45) is 1.90. The number of quaternary nitrogens is 1. The van der Waals surface area contributed by atoms with Crippen LogP contribution in [0.1, 0.15) is 29.0 Å². The second-order valence-corrected chi connectivity index (χ2v) is 8.94. The van der Waals surface area contributed by atoms with Gasteiger partial charge in [-0.2, -0.15) is 0 Å². The molecule has 5 rings (SSSR count). The Kier molecular flexibility index (Phi) is 5.24. The summed E-state index contributed by atoms with van der Waals surface area (Å²) in [5, 5.41) is 0. The van der Waals surface area contributed by atoms with Gasteiger partial charge < -0.3 is 14.0 Å². The predicted molar refractivity (Wildman–Crippen MR) is 120 cm³/mol. The van der Waals surface area contributed by atoms with Gasteiger partial charge in [0.05, 0.1) is 20.1 Å². The van der Waals surface area contributed by atoms with Gasteiger partial charge in [0.2, 0.25) is 0 Å². The van der Waals surface area contributed by atoms with Crippen molar-refractivity contribution in [2.45, 2.75) is 24.9 Å². The van der Waals surface area contributed by atoms with Crippen molar-refractivity contribution in [1.29, 1.82) is 0 Å². The maximum absolute atomic E-state index is 13.4. The highest BCUT2D eigenvalue weighted by Gasteiger charge is 2.40. The Morgan fingerprint density at radius 1 is 0.935 bits per heavy atom. The molecule has 2 aliphatic rings. The third-order valence-electron chi connectivity index (χ3n) is 6.62. The summed E-state index contributed by atoms with van der Waals surface area (Å²) in [6, 6.07) is 26.1. The van der Waals surface area contributed by atoms with E-state index in [2.05, 4.69) is 37.4 Å². The fourth-order valence-electron chi connectivity index (χ4n) is 4.87. The van der Waals surface area contributed by atoms with E-state index in [-0.39, 0.29) is 12.1 Å². The molecule has 2 heterocycles. The zero-order valence-corrected chi connectivity index (χ0v) is 17.9. The SMILES string of the molecule is C[N+]1(CCc2ccccc2)CCC(OC(=O)C2c3ccccc3Oc3ccccc32)C1. The third kappa shape index (κ3) is 4.08. The van der Waals surface area contributed by atoms with Crippen molar-refractivity contribution in [3.05, 3.63) is 95.6 Å². The van der Waals surface area contributed by atoms with E-state index in [9.17, 15) is 4.79 Å². The Balaban J connectivity index is 1.29. The van der Waals surface area contributed by atoms with Crippen molar-refractivity contribution < 1.29 is 18.8 Å². The van der Waals surface area contributed by atoms with Crippen molar-refractivity contribution >= 4 is 5.97 Å². The number of ether oxygens (including phenoxy) is 2. The van der Waals surface area contributed by atoms with E-state index in [0.29, 0.717) is 0 Å². The molecule has 3 aromatic carbocycles. The molecule has 2 unspecified atom stereocenters. The first-order valence-electron chi connectivity index (χ1n) is 11.0. The monoisotopic (exact) mass is 414 g/mol. The van der Waals surface area contributed by atoms with Gasteiger partial charge in [-0.25, -0.2) is 0 Å². The lowest BCUT2D eigenvalue weighted by Crippen LogP contribution is -2.44. The van der Waals surface area contributed by atoms with Crippen LogP contribution in [0.5, 0.6) is 11.5 Å². The number of hydrogen-bond donors (Lipinski definition) is 0. The van der Waals surface area contributed by atoms with Crippen LogP contribution in [0, 0.1) is 0 Å². The van der Waals surface area contributed by atoms with Gasteiger partial charge in [0.1, 0.15) is 24.0 Å². The summed E-state index contributed by atoms with van der Waals surface area (Å²) in [4.78, 5) is 13.4. The van der Waals surface area contributed by atoms with E-state index < -0.39 is 5.92 Å². The number of para-hydroxylation sites is 2. The highest BCUT2D eigenvalue weighted by Crippen LogP contribution is 2.44. The quantitative estimate of drug-likeness (QED) is 0.439. The number of carbonyl (C=O) groups is 1. The molecule has 4 heteroatoms. The largest absolute Gasteiger partial charge is 0.457 e. The van der Waals surface area contributed by atoms with Gasteiger partial charge in [0.15, 0.2) is 6.10 Å². The van der Waals surface area contributed by atoms with Crippen LogP contribution in [-0.4, -0.2) is 43.2 Å². The lowest BCUT2D eigenvalue weighted by Gasteiger charge is -2.30. The van der Waals surface area contributed by atoms with Crippen molar-refractivity contribution in [2.75, 3.05) is 26.7 Å². The van der Waals surface area contributed by atoms with Crippen LogP contribution >= 0.6 is 0 Å². The number of likely N-dealkylation sites (tertiary alicyclic amines) is 1. The number of benzene rings is 3. The van der Waals surface area contributed by atoms with Crippen LogP contribution in [-0.2, 0) is 16.0 Å². The van der Waals surface area contributed by atoms with Gasteiger partial charge in [0.25, 0.3) is 0 Å². The summed E-state index contributed by atoms with van der Waals surface area (Å²) < 4.78 is 13.1. The molecule has 1 saturated heterocycles.